The summed E-state index contributed by atoms with van der Waals surface area (Å²) >= 11 is 2.44. The molecule has 0 aliphatic heterocycles. The van der Waals surface area contributed by atoms with E-state index in [1.807, 2.05) is 38.1 Å². The van der Waals surface area contributed by atoms with Gasteiger partial charge in [-0.1, -0.05) is 41.7 Å². The van der Waals surface area contributed by atoms with Crippen molar-refractivity contribution < 1.29 is 14.3 Å². The van der Waals surface area contributed by atoms with Gasteiger partial charge in [-0.05, 0) is 19.9 Å². The first-order chi connectivity index (χ1) is 14.4. The molecule has 9 nitrogen and oxygen atoms in total. The Hall–Kier alpha value is -2.40. The van der Waals surface area contributed by atoms with E-state index in [2.05, 4.69) is 10.2 Å². The Bertz CT molecular complexity index is 857. The van der Waals surface area contributed by atoms with Gasteiger partial charge in [0, 0.05) is 32.2 Å². The van der Waals surface area contributed by atoms with Crippen molar-refractivity contribution in [1.82, 2.24) is 24.7 Å². The Morgan fingerprint density at radius 3 is 2.20 bits per heavy atom. The molecule has 0 aliphatic rings. The Morgan fingerprint density at radius 2 is 1.63 bits per heavy atom. The smallest absolute Gasteiger partial charge is 0.233 e. The molecular weight excluding hydrogens is 424 g/mol. The standard InChI is InChI=1S/C19H28N6O3S2/c1-5-24(6-2)17(27)13-30-19-22-21-18(25(19)20)29-12-16(26)23(3)11-14-9-7-8-10-15(14)28-4/h7-10H,5-6,11-13,20H2,1-4H3. The average Bonchev–Trinajstić information content (AvgIpc) is 3.11. The molecule has 11 heteroatoms. The lowest BCUT2D eigenvalue weighted by molar-refractivity contribution is -0.128. The van der Waals surface area contributed by atoms with Gasteiger partial charge in [-0.2, -0.15) is 0 Å². The van der Waals surface area contributed by atoms with E-state index in [1.165, 1.54) is 28.2 Å². The largest absolute Gasteiger partial charge is 0.496 e. The molecule has 1 heterocycles. The first kappa shape index (κ1) is 23.9. The molecule has 0 saturated heterocycles. The minimum atomic E-state index is -0.0696. The highest BCUT2D eigenvalue weighted by Crippen LogP contribution is 2.22. The number of benzene rings is 1. The number of aromatic nitrogens is 3. The number of hydrogen-bond donors (Lipinski definition) is 1. The summed E-state index contributed by atoms with van der Waals surface area (Å²) in [5.74, 6) is 7.14. The molecule has 0 unspecified atom stereocenters. The first-order valence-corrected chi connectivity index (χ1v) is 11.5. The highest BCUT2D eigenvalue weighted by atomic mass is 32.2. The number of nitrogen functional groups attached to an aromatic ring is 1. The molecule has 0 radical (unpaired) electrons. The molecule has 0 saturated carbocycles. The molecular formula is C19H28N6O3S2. The number of para-hydroxylation sites is 1. The predicted molar refractivity (Wildman–Crippen MR) is 119 cm³/mol. The lowest BCUT2D eigenvalue weighted by atomic mass is 10.2. The molecule has 0 aliphatic carbocycles. The fraction of sp³-hybridized carbons (Fsp3) is 0.474. The van der Waals surface area contributed by atoms with E-state index in [4.69, 9.17) is 10.6 Å². The molecule has 0 atom stereocenters. The quantitative estimate of drug-likeness (QED) is 0.406. The summed E-state index contributed by atoms with van der Waals surface area (Å²) in [6.07, 6.45) is 0. The van der Waals surface area contributed by atoms with Crippen molar-refractivity contribution in [3.8, 4) is 5.75 Å². The van der Waals surface area contributed by atoms with Gasteiger partial charge in [0.1, 0.15) is 5.75 Å². The van der Waals surface area contributed by atoms with Crippen LogP contribution in [0.4, 0.5) is 0 Å². The Kier molecular flexibility index (Phi) is 9.31. The van der Waals surface area contributed by atoms with Crippen molar-refractivity contribution >= 4 is 35.3 Å². The zero-order valence-electron chi connectivity index (χ0n) is 17.7. The molecule has 1 aromatic heterocycles. The molecule has 0 fully saturated rings. The van der Waals surface area contributed by atoms with Crippen molar-refractivity contribution in [3.63, 3.8) is 0 Å². The lowest BCUT2D eigenvalue weighted by Gasteiger charge is -2.18. The van der Waals surface area contributed by atoms with Gasteiger partial charge < -0.3 is 20.4 Å². The number of carbonyl (C=O) groups is 2. The Morgan fingerprint density at radius 1 is 1.07 bits per heavy atom. The van der Waals surface area contributed by atoms with E-state index in [-0.39, 0.29) is 23.3 Å². The maximum absolute atomic E-state index is 12.5. The summed E-state index contributed by atoms with van der Waals surface area (Å²) in [5.41, 5.74) is 0.930. The number of ether oxygens (including phenoxy) is 1. The molecule has 164 valence electrons. The van der Waals surface area contributed by atoms with E-state index < -0.39 is 0 Å². The van der Waals surface area contributed by atoms with Crippen LogP contribution in [0.2, 0.25) is 0 Å². The van der Waals surface area contributed by atoms with Gasteiger partial charge >= 0.3 is 0 Å². The van der Waals surface area contributed by atoms with E-state index >= 15 is 0 Å². The molecule has 1 aromatic carbocycles. The number of nitrogens with zero attached hydrogens (tertiary/aromatic N) is 5. The van der Waals surface area contributed by atoms with E-state index in [0.717, 1.165) is 11.3 Å². The summed E-state index contributed by atoms with van der Waals surface area (Å²) in [4.78, 5) is 28.0. The minimum absolute atomic E-state index is 0.0235. The number of rotatable bonds is 11. The number of thioether (sulfide) groups is 2. The second-order valence-electron chi connectivity index (χ2n) is 6.34. The molecule has 2 aromatic rings. The summed E-state index contributed by atoms with van der Waals surface area (Å²) < 4.78 is 6.65. The third-order valence-electron chi connectivity index (χ3n) is 4.42. The SMILES string of the molecule is CCN(CC)C(=O)CSc1nnc(SCC(=O)N(C)Cc2ccccc2OC)n1N. The second-order valence-corrected chi connectivity index (χ2v) is 8.23. The van der Waals surface area contributed by atoms with Crippen molar-refractivity contribution in [2.24, 2.45) is 0 Å². The summed E-state index contributed by atoms with van der Waals surface area (Å²) in [5, 5.41) is 8.93. The van der Waals surface area contributed by atoms with Gasteiger partial charge in [0.2, 0.25) is 22.1 Å². The highest BCUT2D eigenvalue weighted by molar-refractivity contribution is 8.00. The van der Waals surface area contributed by atoms with Gasteiger partial charge in [-0.25, -0.2) is 4.68 Å². The van der Waals surface area contributed by atoms with Gasteiger partial charge in [-0.3, -0.25) is 9.59 Å². The van der Waals surface area contributed by atoms with Crippen LogP contribution in [-0.2, 0) is 16.1 Å². The average molecular weight is 453 g/mol. The van der Waals surface area contributed by atoms with E-state index in [0.29, 0.717) is 29.9 Å². The number of nitrogens with two attached hydrogens (primary N) is 1. The van der Waals surface area contributed by atoms with Crippen molar-refractivity contribution in [1.29, 1.82) is 0 Å². The van der Waals surface area contributed by atoms with E-state index in [9.17, 15) is 9.59 Å². The van der Waals surface area contributed by atoms with Crippen LogP contribution in [0.25, 0.3) is 0 Å². The third-order valence-corrected chi connectivity index (χ3v) is 6.28. The topological polar surface area (TPSA) is 107 Å². The summed E-state index contributed by atoms with van der Waals surface area (Å²) in [6, 6.07) is 7.59. The van der Waals surface area contributed by atoms with Crippen LogP contribution >= 0.6 is 23.5 Å². The lowest BCUT2D eigenvalue weighted by Crippen LogP contribution is -2.32. The van der Waals surface area contributed by atoms with Gasteiger partial charge in [-0.15, -0.1) is 10.2 Å². The second kappa shape index (κ2) is 11.7. The maximum atomic E-state index is 12.5. The van der Waals surface area contributed by atoms with Crippen LogP contribution in [0.1, 0.15) is 19.4 Å². The molecule has 0 bridgehead atoms. The number of carbonyl (C=O) groups excluding carboxylic acids is 2. The zero-order valence-corrected chi connectivity index (χ0v) is 19.3. The predicted octanol–water partition coefficient (Wildman–Crippen LogP) is 1.71. The number of methoxy groups -OCH3 is 1. The zero-order chi connectivity index (χ0) is 22.1. The molecule has 2 amide bonds. The van der Waals surface area contributed by atoms with Crippen LogP contribution in [0, 0.1) is 0 Å². The Labute approximate surface area is 185 Å². The normalized spacial score (nSPS) is 10.7. The molecule has 30 heavy (non-hydrogen) atoms. The van der Waals surface area contributed by atoms with Crippen molar-refractivity contribution in [3.05, 3.63) is 29.8 Å². The van der Waals surface area contributed by atoms with Crippen LogP contribution < -0.4 is 10.6 Å². The number of hydrogen-bond acceptors (Lipinski definition) is 8. The van der Waals surface area contributed by atoms with Gasteiger partial charge in [0.25, 0.3) is 0 Å². The number of amides is 2. The third kappa shape index (κ3) is 6.30. The first-order valence-electron chi connectivity index (χ1n) is 9.50. The van der Waals surface area contributed by atoms with Crippen LogP contribution in [0.5, 0.6) is 5.75 Å². The monoisotopic (exact) mass is 452 g/mol. The Balaban J connectivity index is 1.88. The van der Waals surface area contributed by atoms with Crippen LogP contribution in [-0.4, -0.2) is 75.2 Å². The fourth-order valence-corrected chi connectivity index (χ4v) is 4.28. The fourth-order valence-electron chi connectivity index (χ4n) is 2.67. The highest BCUT2D eigenvalue weighted by Gasteiger charge is 2.18. The summed E-state index contributed by atoms with van der Waals surface area (Å²) in [7, 11) is 3.35. The maximum Gasteiger partial charge on any atom is 0.233 e. The van der Waals surface area contributed by atoms with Crippen molar-refractivity contribution in [2.75, 3.05) is 44.6 Å². The van der Waals surface area contributed by atoms with Crippen LogP contribution in [0.15, 0.2) is 34.6 Å². The van der Waals surface area contributed by atoms with E-state index in [1.54, 1.807) is 24.0 Å². The minimum Gasteiger partial charge on any atom is -0.496 e. The van der Waals surface area contributed by atoms with Crippen LogP contribution in [0.3, 0.4) is 0 Å². The molecule has 2 rings (SSSR count). The van der Waals surface area contributed by atoms with Crippen molar-refractivity contribution in [2.45, 2.75) is 30.7 Å². The summed E-state index contributed by atoms with van der Waals surface area (Å²) in [6.45, 7) is 5.64. The van der Waals surface area contributed by atoms with Gasteiger partial charge in [0.15, 0.2) is 0 Å². The molecule has 0 spiro atoms. The molecule has 2 N–H and O–H groups in total. The van der Waals surface area contributed by atoms with Gasteiger partial charge in [0.05, 0.1) is 18.6 Å².